The van der Waals surface area contributed by atoms with Crippen molar-refractivity contribution in [3.63, 3.8) is 0 Å². The van der Waals surface area contributed by atoms with Crippen LogP contribution in [0.1, 0.15) is 73.9 Å². The second-order valence-electron chi connectivity index (χ2n) is 10.1. The number of aliphatic hydroxyl groups excluding tert-OH is 1. The predicted octanol–water partition coefficient (Wildman–Crippen LogP) is 6.27. The molecule has 31 heavy (non-hydrogen) atoms. The molecule has 2 aromatic rings. The highest BCUT2D eigenvalue weighted by atomic mass is 16.6. The van der Waals surface area contributed by atoms with E-state index in [1.807, 2.05) is 12.1 Å². The quantitative estimate of drug-likeness (QED) is 0.261. The number of carbonyl (C=O) groups excluding carboxylic acids is 1. The summed E-state index contributed by atoms with van der Waals surface area (Å²) in [4.78, 5) is 10.5. The van der Waals surface area contributed by atoms with Crippen LogP contribution in [0.3, 0.4) is 0 Å². The van der Waals surface area contributed by atoms with E-state index in [9.17, 15) is 9.90 Å². The van der Waals surface area contributed by atoms with E-state index in [-0.39, 0.29) is 16.6 Å². The minimum atomic E-state index is -0.400. The van der Waals surface area contributed by atoms with E-state index in [4.69, 9.17) is 4.74 Å². The minimum Gasteiger partial charge on any atom is -0.512 e. The summed E-state index contributed by atoms with van der Waals surface area (Å²) in [7, 11) is 0. The SMILES string of the molecule is Cc1cc2c(cc1C1(c3ccc(/C=C(\O)CCC=O)cc3)CO1)C(C)(C)C=CC2(C)C. The van der Waals surface area contributed by atoms with Crippen LogP contribution in [0.2, 0.25) is 0 Å². The van der Waals surface area contributed by atoms with Crippen LogP contribution < -0.4 is 0 Å². The van der Waals surface area contributed by atoms with Gasteiger partial charge in [-0.15, -0.1) is 0 Å². The molecule has 3 heteroatoms. The maximum Gasteiger partial charge on any atom is 0.142 e. The van der Waals surface area contributed by atoms with Crippen molar-refractivity contribution in [1.82, 2.24) is 0 Å². The van der Waals surface area contributed by atoms with Crippen molar-refractivity contribution >= 4 is 12.4 Å². The summed E-state index contributed by atoms with van der Waals surface area (Å²) in [6.45, 7) is 12.0. The lowest BCUT2D eigenvalue weighted by molar-refractivity contribution is -0.107. The number of ether oxygens (including phenoxy) is 1. The molecule has 1 unspecified atom stereocenters. The summed E-state index contributed by atoms with van der Waals surface area (Å²) >= 11 is 0. The zero-order chi connectivity index (χ0) is 22.4. The second-order valence-corrected chi connectivity index (χ2v) is 10.1. The Hall–Kier alpha value is -2.65. The number of aldehydes is 1. The topological polar surface area (TPSA) is 49.8 Å². The average molecular weight is 417 g/mol. The molecular weight excluding hydrogens is 384 g/mol. The molecule has 1 N–H and O–H groups in total. The molecule has 0 bridgehead atoms. The molecule has 2 aromatic carbocycles. The predicted molar refractivity (Wildman–Crippen MR) is 125 cm³/mol. The molecule has 0 aromatic heterocycles. The summed E-state index contributed by atoms with van der Waals surface area (Å²) in [5.74, 6) is 0.223. The summed E-state index contributed by atoms with van der Waals surface area (Å²) in [6, 6.07) is 12.9. The molecule has 1 heterocycles. The van der Waals surface area contributed by atoms with Crippen molar-refractivity contribution in [1.29, 1.82) is 0 Å². The number of hydrogen-bond acceptors (Lipinski definition) is 3. The third-order valence-corrected chi connectivity index (χ3v) is 6.77. The third kappa shape index (κ3) is 3.87. The summed E-state index contributed by atoms with van der Waals surface area (Å²) in [5, 5.41) is 9.97. The molecular formula is C28H32O3. The van der Waals surface area contributed by atoms with Gasteiger partial charge < -0.3 is 14.6 Å². The first-order valence-corrected chi connectivity index (χ1v) is 11.0. The Balaban J connectivity index is 1.70. The van der Waals surface area contributed by atoms with Gasteiger partial charge in [0.25, 0.3) is 0 Å². The Bertz CT molecular complexity index is 1060. The number of allylic oxidation sites excluding steroid dienone is 3. The van der Waals surface area contributed by atoms with Gasteiger partial charge in [0.15, 0.2) is 0 Å². The van der Waals surface area contributed by atoms with Gasteiger partial charge in [-0.2, -0.15) is 0 Å². The van der Waals surface area contributed by atoms with Crippen molar-refractivity contribution in [2.24, 2.45) is 0 Å². The van der Waals surface area contributed by atoms with Gasteiger partial charge in [-0.1, -0.05) is 76.2 Å². The van der Waals surface area contributed by atoms with Gasteiger partial charge in [-0.25, -0.2) is 0 Å². The fraction of sp³-hybridized carbons (Fsp3) is 0.393. The van der Waals surface area contributed by atoms with Crippen LogP contribution in [0.15, 0.2) is 54.3 Å². The fourth-order valence-electron chi connectivity index (χ4n) is 4.68. The zero-order valence-electron chi connectivity index (χ0n) is 19.2. The van der Waals surface area contributed by atoms with Crippen LogP contribution in [0.5, 0.6) is 0 Å². The molecule has 0 amide bonds. The fourth-order valence-corrected chi connectivity index (χ4v) is 4.68. The molecule has 2 aliphatic rings. The van der Waals surface area contributed by atoms with Crippen LogP contribution >= 0.6 is 0 Å². The van der Waals surface area contributed by atoms with Crippen LogP contribution in [0.25, 0.3) is 6.08 Å². The van der Waals surface area contributed by atoms with Crippen LogP contribution in [-0.2, 0) is 26.0 Å². The first-order chi connectivity index (χ1) is 14.6. The number of rotatable bonds is 6. The van der Waals surface area contributed by atoms with Crippen LogP contribution in [0.4, 0.5) is 0 Å². The number of carbonyl (C=O) groups is 1. The maximum absolute atomic E-state index is 10.5. The monoisotopic (exact) mass is 416 g/mol. The third-order valence-electron chi connectivity index (χ3n) is 6.77. The minimum absolute atomic E-state index is 0.0168. The smallest absolute Gasteiger partial charge is 0.142 e. The molecule has 3 nitrogen and oxygen atoms in total. The molecule has 1 aliphatic carbocycles. The van der Waals surface area contributed by atoms with Crippen molar-refractivity contribution in [2.75, 3.05) is 6.61 Å². The normalized spacial score (nSPS) is 23.3. The molecule has 1 fully saturated rings. The van der Waals surface area contributed by atoms with Gasteiger partial charge in [0.1, 0.15) is 11.9 Å². The standard InChI is InChI=1S/C28H32O3/c1-19-15-24-25(27(4,5)13-12-26(24,2)3)17-23(19)28(18-31-28)21-10-8-20(9-11-21)16-22(30)7-6-14-29/h8-17,30H,6-7,18H2,1-5H3/b22-16-. The molecule has 1 atom stereocenters. The second kappa shape index (κ2) is 7.49. The number of fused-ring (bicyclic) bond motifs is 1. The van der Waals surface area contributed by atoms with Crippen molar-refractivity contribution in [3.05, 3.63) is 87.7 Å². The summed E-state index contributed by atoms with van der Waals surface area (Å²) < 4.78 is 6.11. The highest BCUT2D eigenvalue weighted by molar-refractivity contribution is 5.58. The van der Waals surface area contributed by atoms with Crippen molar-refractivity contribution in [2.45, 2.75) is 63.9 Å². The highest BCUT2D eigenvalue weighted by Gasteiger charge is 2.50. The molecule has 4 rings (SSSR count). The zero-order valence-corrected chi connectivity index (χ0v) is 19.2. The summed E-state index contributed by atoms with van der Waals surface area (Å²) in [5.41, 5.74) is 6.90. The number of epoxide rings is 1. The summed E-state index contributed by atoms with van der Waals surface area (Å²) in [6.07, 6.45) is 7.89. The Morgan fingerprint density at radius 1 is 1.00 bits per heavy atom. The Morgan fingerprint density at radius 3 is 2.13 bits per heavy atom. The lowest BCUT2D eigenvalue weighted by atomic mass is 9.66. The maximum atomic E-state index is 10.5. The molecule has 0 radical (unpaired) electrons. The van der Waals surface area contributed by atoms with Gasteiger partial charge in [-0.3, -0.25) is 0 Å². The Labute approximate surface area is 185 Å². The number of aryl methyl sites for hydroxylation is 1. The molecule has 1 saturated heterocycles. The molecule has 0 saturated carbocycles. The van der Waals surface area contributed by atoms with Gasteiger partial charge in [0, 0.05) is 23.7 Å². The number of hydrogen-bond donors (Lipinski definition) is 1. The van der Waals surface area contributed by atoms with E-state index in [0.717, 1.165) is 17.4 Å². The van der Waals surface area contributed by atoms with E-state index in [1.165, 1.54) is 22.3 Å². The van der Waals surface area contributed by atoms with E-state index >= 15 is 0 Å². The molecule has 162 valence electrons. The van der Waals surface area contributed by atoms with Gasteiger partial charge >= 0.3 is 0 Å². The largest absolute Gasteiger partial charge is 0.512 e. The van der Waals surface area contributed by atoms with Gasteiger partial charge in [0.2, 0.25) is 0 Å². The number of aliphatic hydroxyl groups is 1. The van der Waals surface area contributed by atoms with Gasteiger partial charge in [0.05, 0.1) is 12.4 Å². The Morgan fingerprint density at radius 2 is 1.58 bits per heavy atom. The van der Waals surface area contributed by atoms with Gasteiger partial charge in [-0.05, 0) is 46.4 Å². The molecule has 1 aliphatic heterocycles. The van der Waals surface area contributed by atoms with E-state index in [2.05, 4.69) is 71.0 Å². The average Bonchev–Trinajstić information content (AvgIpc) is 3.52. The van der Waals surface area contributed by atoms with Crippen LogP contribution in [0, 0.1) is 6.92 Å². The first kappa shape index (κ1) is 21.6. The van der Waals surface area contributed by atoms with E-state index < -0.39 is 5.60 Å². The lowest BCUT2D eigenvalue weighted by Gasteiger charge is -2.38. The highest BCUT2D eigenvalue weighted by Crippen LogP contribution is 2.50. The Kier molecular flexibility index (Phi) is 5.21. The van der Waals surface area contributed by atoms with Crippen LogP contribution in [-0.4, -0.2) is 18.0 Å². The van der Waals surface area contributed by atoms with E-state index in [0.29, 0.717) is 19.4 Å². The lowest BCUT2D eigenvalue weighted by Crippen LogP contribution is -2.30. The first-order valence-electron chi connectivity index (χ1n) is 11.0. The van der Waals surface area contributed by atoms with E-state index in [1.54, 1.807) is 6.08 Å². The van der Waals surface area contributed by atoms with Crippen molar-refractivity contribution < 1.29 is 14.6 Å². The molecule has 0 spiro atoms. The van der Waals surface area contributed by atoms with Crippen molar-refractivity contribution in [3.8, 4) is 0 Å². The number of benzene rings is 2.